The maximum Gasteiger partial charge on any atom is 0.0296 e. The molecule has 1 heterocycles. The van der Waals surface area contributed by atoms with Gasteiger partial charge in [0.1, 0.15) is 0 Å². The number of hydrogen-bond acceptors (Lipinski definition) is 3. The van der Waals surface area contributed by atoms with Crippen LogP contribution in [0.4, 0.5) is 0 Å². The maximum atomic E-state index is 3.22. The van der Waals surface area contributed by atoms with E-state index in [0.29, 0.717) is 0 Å². The molecule has 1 fully saturated rings. The summed E-state index contributed by atoms with van der Waals surface area (Å²) in [4.78, 5) is 5.41. The van der Waals surface area contributed by atoms with E-state index in [1.807, 2.05) is 18.4 Å². The average molecular weight is 252 g/mol. The second kappa shape index (κ2) is 5.51. The van der Waals surface area contributed by atoms with Crippen molar-refractivity contribution in [2.75, 3.05) is 20.6 Å². The van der Waals surface area contributed by atoms with Gasteiger partial charge in [0.2, 0.25) is 0 Å². The van der Waals surface area contributed by atoms with Crippen molar-refractivity contribution in [3.63, 3.8) is 0 Å². The molecule has 0 saturated heterocycles. The van der Waals surface area contributed by atoms with Crippen LogP contribution in [0.3, 0.4) is 0 Å². The van der Waals surface area contributed by atoms with Crippen molar-refractivity contribution in [3.8, 4) is 0 Å². The molecule has 2 rings (SSSR count). The zero-order valence-corrected chi connectivity index (χ0v) is 12.2. The number of nitrogens with one attached hydrogen (secondary N) is 1. The summed E-state index contributed by atoms with van der Waals surface area (Å²) >= 11 is 1.93. The summed E-state index contributed by atoms with van der Waals surface area (Å²) < 4.78 is 0. The van der Waals surface area contributed by atoms with E-state index in [2.05, 4.69) is 37.2 Å². The first-order valence-corrected chi connectivity index (χ1v) is 7.33. The highest BCUT2D eigenvalue weighted by molar-refractivity contribution is 7.12. The van der Waals surface area contributed by atoms with E-state index < -0.39 is 0 Å². The van der Waals surface area contributed by atoms with E-state index in [-0.39, 0.29) is 0 Å². The largest absolute Gasteiger partial charge is 0.315 e. The first-order chi connectivity index (χ1) is 8.10. The molecule has 17 heavy (non-hydrogen) atoms. The number of aryl methyl sites for hydroxylation is 1. The molecule has 2 unspecified atom stereocenters. The van der Waals surface area contributed by atoms with Gasteiger partial charge in [-0.15, -0.1) is 11.3 Å². The van der Waals surface area contributed by atoms with Gasteiger partial charge in [-0.05, 0) is 50.9 Å². The average Bonchev–Trinajstić information content (AvgIpc) is 2.81. The van der Waals surface area contributed by atoms with Crippen molar-refractivity contribution in [1.29, 1.82) is 0 Å². The van der Waals surface area contributed by atoms with E-state index >= 15 is 0 Å². The molecule has 1 N–H and O–H groups in total. The van der Waals surface area contributed by atoms with Gasteiger partial charge in [0, 0.05) is 29.4 Å². The topological polar surface area (TPSA) is 15.3 Å². The first-order valence-electron chi connectivity index (χ1n) is 6.51. The van der Waals surface area contributed by atoms with Crippen LogP contribution in [0.2, 0.25) is 0 Å². The second-order valence-electron chi connectivity index (χ2n) is 5.49. The minimum absolute atomic E-state index is 0.954. The summed E-state index contributed by atoms with van der Waals surface area (Å²) in [6, 6.07) is 2.36. The summed E-state index contributed by atoms with van der Waals surface area (Å²) in [6.07, 6.45) is 1.43. The predicted octanol–water partition coefficient (Wildman–Crippen LogP) is 2.86. The minimum Gasteiger partial charge on any atom is -0.315 e. The van der Waals surface area contributed by atoms with Crippen LogP contribution in [0.5, 0.6) is 0 Å². The number of rotatable bonds is 6. The monoisotopic (exact) mass is 252 g/mol. The van der Waals surface area contributed by atoms with Crippen molar-refractivity contribution >= 4 is 11.3 Å². The Morgan fingerprint density at radius 3 is 2.82 bits per heavy atom. The molecule has 1 aliphatic rings. The van der Waals surface area contributed by atoms with E-state index in [4.69, 9.17) is 0 Å². The van der Waals surface area contributed by atoms with Crippen molar-refractivity contribution in [1.82, 2.24) is 10.2 Å². The Morgan fingerprint density at radius 1 is 1.53 bits per heavy atom. The Hall–Kier alpha value is -0.380. The Balaban J connectivity index is 1.88. The van der Waals surface area contributed by atoms with Crippen molar-refractivity contribution < 1.29 is 0 Å². The fraction of sp³-hybridized carbons (Fsp3) is 0.714. The van der Waals surface area contributed by atoms with Gasteiger partial charge in [-0.3, -0.25) is 0 Å². The van der Waals surface area contributed by atoms with E-state index in [1.54, 1.807) is 0 Å². The molecule has 2 atom stereocenters. The summed E-state index contributed by atoms with van der Waals surface area (Å²) in [5.41, 5.74) is 1.51. The van der Waals surface area contributed by atoms with E-state index in [9.17, 15) is 0 Å². The third-order valence-corrected chi connectivity index (χ3v) is 4.78. The molecule has 1 saturated carbocycles. The van der Waals surface area contributed by atoms with E-state index in [0.717, 1.165) is 24.9 Å². The molecule has 1 aliphatic carbocycles. The smallest absolute Gasteiger partial charge is 0.0296 e. The Labute approximate surface area is 109 Å². The van der Waals surface area contributed by atoms with Gasteiger partial charge >= 0.3 is 0 Å². The molecule has 0 radical (unpaired) electrons. The standard InChI is InChI=1S/C14H24N2S/c1-10-5-12(10)8-16(4)9-13-6-14(7-15-3)17-11(13)2/h6,10,12,15H,5,7-9H2,1-4H3. The van der Waals surface area contributed by atoms with Crippen molar-refractivity contribution in [2.24, 2.45) is 11.8 Å². The Kier molecular flexibility index (Phi) is 4.23. The molecule has 0 spiro atoms. The summed E-state index contributed by atoms with van der Waals surface area (Å²) in [5.74, 6) is 1.91. The van der Waals surface area contributed by atoms with Crippen LogP contribution in [0.1, 0.15) is 28.7 Å². The fourth-order valence-corrected chi connectivity index (χ4v) is 3.48. The lowest BCUT2D eigenvalue weighted by Gasteiger charge is -2.16. The fourth-order valence-electron chi connectivity index (χ4n) is 2.42. The van der Waals surface area contributed by atoms with Gasteiger partial charge in [0.15, 0.2) is 0 Å². The highest BCUT2D eigenvalue weighted by Gasteiger charge is 2.33. The van der Waals surface area contributed by atoms with Gasteiger partial charge in [0.25, 0.3) is 0 Å². The Morgan fingerprint density at radius 2 is 2.24 bits per heavy atom. The Bertz CT molecular complexity index is 372. The number of thiophene rings is 1. The summed E-state index contributed by atoms with van der Waals surface area (Å²) in [7, 11) is 4.26. The quantitative estimate of drug-likeness (QED) is 0.837. The van der Waals surface area contributed by atoms with Gasteiger partial charge in [0.05, 0.1) is 0 Å². The molecule has 0 amide bonds. The van der Waals surface area contributed by atoms with Gasteiger partial charge in [-0.1, -0.05) is 6.92 Å². The van der Waals surface area contributed by atoms with Crippen LogP contribution in [0.15, 0.2) is 6.07 Å². The lowest BCUT2D eigenvalue weighted by atomic mass is 10.2. The summed E-state index contributed by atoms with van der Waals surface area (Å²) in [5, 5.41) is 3.22. The second-order valence-corrected chi connectivity index (χ2v) is 6.84. The van der Waals surface area contributed by atoms with Crippen molar-refractivity contribution in [3.05, 3.63) is 21.4 Å². The molecule has 1 aromatic rings. The summed E-state index contributed by atoms with van der Waals surface area (Å²) in [6.45, 7) is 7.97. The van der Waals surface area contributed by atoms with Crippen LogP contribution >= 0.6 is 11.3 Å². The van der Waals surface area contributed by atoms with Gasteiger partial charge < -0.3 is 10.2 Å². The molecule has 0 bridgehead atoms. The first kappa shape index (κ1) is 13.1. The zero-order valence-electron chi connectivity index (χ0n) is 11.4. The van der Waals surface area contributed by atoms with Gasteiger partial charge in [-0.2, -0.15) is 0 Å². The molecular weight excluding hydrogens is 228 g/mol. The third kappa shape index (κ3) is 3.54. The highest BCUT2D eigenvalue weighted by Crippen LogP contribution is 2.38. The van der Waals surface area contributed by atoms with Crippen molar-refractivity contribution in [2.45, 2.75) is 33.4 Å². The van der Waals surface area contributed by atoms with Gasteiger partial charge in [-0.25, -0.2) is 0 Å². The molecule has 96 valence electrons. The number of nitrogens with zero attached hydrogens (tertiary/aromatic N) is 1. The maximum absolute atomic E-state index is 3.22. The molecule has 2 nitrogen and oxygen atoms in total. The lowest BCUT2D eigenvalue weighted by Crippen LogP contribution is -2.21. The van der Waals surface area contributed by atoms with Crippen LogP contribution < -0.4 is 5.32 Å². The predicted molar refractivity (Wildman–Crippen MR) is 75.4 cm³/mol. The molecule has 1 aromatic heterocycles. The van der Waals surface area contributed by atoms with E-state index in [1.165, 1.54) is 28.3 Å². The molecule has 0 aliphatic heterocycles. The van der Waals surface area contributed by atoms with Crippen LogP contribution in [-0.2, 0) is 13.1 Å². The molecular formula is C14H24N2S. The molecule has 0 aromatic carbocycles. The minimum atomic E-state index is 0.954. The SMILES string of the molecule is CNCc1cc(CN(C)CC2CC2C)c(C)s1. The highest BCUT2D eigenvalue weighted by atomic mass is 32.1. The number of hydrogen-bond donors (Lipinski definition) is 1. The normalized spacial score (nSPS) is 23.4. The van der Waals surface area contributed by atoms with Crippen LogP contribution in [-0.4, -0.2) is 25.5 Å². The van der Waals surface area contributed by atoms with Crippen LogP contribution in [0, 0.1) is 18.8 Å². The zero-order chi connectivity index (χ0) is 12.4. The lowest BCUT2D eigenvalue weighted by molar-refractivity contribution is 0.307. The third-order valence-electron chi connectivity index (χ3n) is 3.69. The van der Waals surface area contributed by atoms with Crippen LogP contribution in [0.25, 0.3) is 0 Å². The molecule has 3 heteroatoms.